The molecule has 2 aromatic heterocycles. The van der Waals surface area contributed by atoms with E-state index in [1.54, 1.807) is 19.9 Å². The zero-order valence-electron chi connectivity index (χ0n) is 13.5. The summed E-state index contributed by atoms with van der Waals surface area (Å²) in [4.78, 5) is 35.3. The van der Waals surface area contributed by atoms with Crippen molar-refractivity contribution in [2.24, 2.45) is 0 Å². The molecule has 10 heteroatoms. The molecule has 0 saturated carbocycles. The number of aromatic nitrogens is 2. The number of carbonyl (C=O) groups excluding carboxylic acids is 2. The molecule has 0 saturated heterocycles. The molecule has 1 atom stereocenters. The Balaban J connectivity index is 2.22. The molecule has 0 fully saturated rings. The van der Waals surface area contributed by atoms with E-state index in [2.05, 4.69) is 15.2 Å². The van der Waals surface area contributed by atoms with Crippen molar-refractivity contribution >= 4 is 33.9 Å². The van der Waals surface area contributed by atoms with Gasteiger partial charge in [0.2, 0.25) is 5.91 Å². The predicted molar refractivity (Wildman–Crippen MR) is 87.4 cm³/mol. The lowest BCUT2D eigenvalue weighted by atomic mass is 10.2. The average Bonchev–Trinajstić information content (AvgIpc) is 3.08. The average molecular weight is 352 g/mol. The molecule has 0 radical (unpaired) electrons. The first-order chi connectivity index (χ1) is 11.2. The summed E-state index contributed by atoms with van der Waals surface area (Å²) in [6.45, 7) is 4.86. The van der Waals surface area contributed by atoms with Gasteiger partial charge in [0.1, 0.15) is 22.9 Å². The molecule has 0 spiro atoms. The minimum atomic E-state index is -0.787. The zero-order chi connectivity index (χ0) is 18.0. The minimum absolute atomic E-state index is 0.156. The summed E-state index contributed by atoms with van der Waals surface area (Å²) in [5.41, 5.74) is 0.335. The van der Waals surface area contributed by atoms with Crippen LogP contribution in [0.4, 0.5) is 10.7 Å². The van der Waals surface area contributed by atoms with Crippen molar-refractivity contribution in [3.05, 3.63) is 38.5 Å². The van der Waals surface area contributed by atoms with Gasteiger partial charge in [-0.3, -0.25) is 19.6 Å². The summed E-state index contributed by atoms with van der Waals surface area (Å²) in [6, 6.07) is 0.838. The molecule has 0 aliphatic rings. The highest BCUT2D eigenvalue weighted by molar-refractivity contribution is 7.16. The van der Waals surface area contributed by atoms with Crippen LogP contribution >= 0.6 is 11.3 Å². The van der Waals surface area contributed by atoms with E-state index >= 15 is 0 Å². The predicted octanol–water partition coefficient (Wildman–Crippen LogP) is 2.46. The largest absolute Gasteiger partial charge is 0.465 e. The number of methoxy groups -OCH3 is 1. The fourth-order valence-corrected chi connectivity index (χ4v) is 2.96. The third kappa shape index (κ3) is 3.43. The van der Waals surface area contributed by atoms with E-state index < -0.39 is 22.8 Å². The molecule has 0 aliphatic carbocycles. The molecular weight excluding hydrogens is 336 g/mol. The van der Waals surface area contributed by atoms with Gasteiger partial charge in [-0.2, -0.15) is 5.10 Å². The van der Waals surface area contributed by atoms with Gasteiger partial charge in [-0.25, -0.2) is 4.79 Å². The lowest BCUT2D eigenvalue weighted by Gasteiger charge is -2.12. The molecule has 2 aromatic rings. The van der Waals surface area contributed by atoms with Crippen LogP contribution in [-0.4, -0.2) is 33.7 Å². The van der Waals surface area contributed by atoms with E-state index in [-0.39, 0.29) is 16.9 Å². The van der Waals surface area contributed by atoms with Crippen molar-refractivity contribution in [1.29, 1.82) is 0 Å². The lowest BCUT2D eigenvalue weighted by molar-refractivity contribution is -0.385. The molecule has 2 rings (SSSR count). The number of carbonyl (C=O) groups is 2. The standard InChI is InChI=1S/C14H16N4O5S/c1-7-5-10(14(20)23-4)13(24-7)15-12(19)9(3)17-6-11(18(21)22)8(2)16-17/h5-6,9H,1-4H3,(H,15,19). The van der Waals surface area contributed by atoms with Crippen molar-refractivity contribution in [1.82, 2.24) is 9.78 Å². The Labute approximate surface area is 141 Å². The third-order valence-corrected chi connectivity index (χ3v) is 4.33. The number of anilines is 1. The Morgan fingerprint density at radius 3 is 2.67 bits per heavy atom. The first-order valence-corrected chi connectivity index (χ1v) is 7.76. The molecule has 1 unspecified atom stereocenters. The molecule has 128 valence electrons. The molecule has 0 aliphatic heterocycles. The van der Waals surface area contributed by atoms with Crippen molar-refractivity contribution < 1.29 is 19.2 Å². The van der Waals surface area contributed by atoms with Crippen molar-refractivity contribution in [2.75, 3.05) is 12.4 Å². The summed E-state index contributed by atoms with van der Waals surface area (Å²) in [6.07, 6.45) is 1.21. The Bertz CT molecular complexity index is 810. The van der Waals surface area contributed by atoms with Crippen LogP contribution < -0.4 is 5.32 Å². The van der Waals surface area contributed by atoms with Gasteiger partial charge in [-0.15, -0.1) is 11.3 Å². The summed E-state index contributed by atoms with van der Waals surface area (Å²) >= 11 is 1.24. The minimum Gasteiger partial charge on any atom is -0.465 e. The van der Waals surface area contributed by atoms with Gasteiger partial charge in [0.25, 0.3) is 0 Å². The molecule has 0 aromatic carbocycles. The second kappa shape index (κ2) is 6.79. The molecule has 1 amide bonds. The van der Waals surface area contributed by atoms with Gasteiger partial charge < -0.3 is 10.1 Å². The first kappa shape index (κ1) is 17.6. The Kier molecular flexibility index (Phi) is 4.98. The second-order valence-electron chi connectivity index (χ2n) is 5.09. The highest BCUT2D eigenvalue weighted by atomic mass is 32.1. The number of rotatable bonds is 5. The Morgan fingerprint density at radius 2 is 2.12 bits per heavy atom. The number of hydrogen-bond donors (Lipinski definition) is 1. The summed E-state index contributed by atoms with van der Waals surface area (Å²) in [5.74, 6) is -0.993. The summed E-state index contributed by atoms with van der Waals surface area (Å²) in [5, 5.41) is 17.9. The number of nitrogens with one attached hydrogen (secondary N) is 1. The summed E-state index contributed by atoms with van der Waals surface area (Å²) in [7, 11) is 1.26. The summed E-state index contributed by atoms with van der Waals surface area (Å²) < 4.78 is 5.91. The van der Waals surface area contributed by atoms with Crippen LogP contribution in [-0.2, 0) is 9.53 Å². The third-order valence-electron chi connectivity index (χ3n) is 3.36. The maximum Gasteiger partial charge on any atom is 0.340 e. The number of thiophene rings is 1. The highest BCUT2D eigenvalue weighted by Gasteiger charge is 2.24. The van der Waals surface area contributed by atoms with Crippen molar-refractivity contribution in [2.45, 2.75) is 26.8 Å². The van der Waals surface area contributed by atoms with Crippen LogP contribution in [0.25, 0.3) is 0 Å². The van der Waals surface area contributed by atoms with Crippen LogP contribution in [0, 0.1) is 24.0 Å². The van der Waals surface area contributed by atoms with Crippen LogP contribution in [0.5, 0.6) is 0 Å². The zero-order valence-corrected chi connectivity index (χ0v) is 14.3. The fourth-order valence-electron chi connectivity index (χ4n) is 2.05. The number of nitrogens with zero attached hydrogens (tertiary/aromatic N) is 3. The van der Waals surface area contributed by atoms with E-state index in [1.165, 1.54) is 36.2 Å². The van der Waals surface area contributed by atoms with Gasteiger partial charge in [-0.05, 0) is 26.8 Å². The number of hydrogen-bond acceptors (Lipinski definition) is 7. The number of ether oxygens (including phenoxy) is 1. The SMILES string of the molecule is COC(=O)c1cc(C)sc1NC(=O)C(C)n1cc([N+](=O)[O-])c(C)n1. The fraction of sp³-hybridized carbons (Fsp3) is 0.357. The highest BCUT2D eigenvalue weighted by Crippen LogP contribution is 2.29. The number of aryl methyl sites for hydroxylation is 2. The topological polar surface area (TPSA) is 116 Å². The smallest absolute Gasteiger partial charge is 0.340 e. The number of esters is 1. The molecule has 2 heterocycles. The van der Waals surface area contributed by atoms with Gasteiger partial charge >= 0.3 is 11.7 Å². The molecule has 1 N–H and O–H groups in total. The number of amides is 1. The van der Waals surface area contributed by atoms with Crippen molar-refractivity contribution in [3.63, 3.8) is 0 Å². The maximum atomic E-state index is 12.4. The molecular formula is C14H16N4O5S. The quantitative estimate of drug-likeness (QED) is 0.502. The maximum absolute atomic E-state index is 12.4. The van der Waals surface area contributed by atoms with Gasteiger partial charge in [0.05, 0.1) is 17.6 Å². The normalized spacial score (nSPS) is 11.8. The molecule has 24 heavy (non-hydrogen) atoms. The van der Waals surface area contributed by atoms with E-state index in [0.29, 0.717) is 5.00 Å². The molecule has 9 nitrogen and oxygen atoms in total. The van der Waals surface area contributed by atoms with Gasteiger partial charge in [0.15, 0.2) is 0 Å². The van der Waals surface area contributed by atoms with E-state index in [0.717, 1.165) is 4.88 Å². The van der Waals surface area contributed by atoms with Gasteiger partial charge in [-0.1, -0.05) is 0 Å². The van der Waals surface area contributed by atoms with Crippen molar-refractivity contribution in [3.8, 4) is 0 Å². The van der Waals surface area contributed by atoms with Gasteiger partial charge in [0, 0.05) is 4.88 Å². The number of nitro groups is 1. The Morgan fingerprint density at radius 1 is 1.46 bits per heavy atom. The lowest BCUT2D eigenvalue weighted by Crippen LogP contribution is -2.24. The van der Waals surface area contributed by atoms with E-state index in [9.17, 15) is 19.7 Å². The monoisotopic (exact) mass is 352 g/mol. The van der Waals surface area contributed by atoms with Crippen LogP contribution in [0.15, 0.2) is 12.3 Å². The molecule has 0 bridgehead atoms. The van der Waals surface area contributed by atoms with E-state index in [1.807, 2.05) is 0 Å². The second-order valence-corrected chi connectivity index (χ2v) is 6.35. The van der Waals surface area contributed by atoms with Crippen LogP contribution in [0.2, 0.25) is 0 Å². The van der Waals surface area contributed by atoms with Crippen LogP contribution in [0.1, 0.15) is 33.9 Å². The first-order valence-electron chi connectivity index (χ1n) is 6.94. The Hall–Kier alpha value is -2.75. The van der Waals surface area contributed by atoms with Crippen LogP contribution in [0.3, 0.4) is 0 Å². The van der Waals surface area contributed by atoms with E-state index in [4.69, 9.17) is 0 Å².